The maximum atomic E-state index is 6.25. The molecule has 4 aromatic rings. The van der Waals surface area contributed by atoms with E-state index in [2.05, 4.69) is 50.6 Å². The Balaban J connectivity index is 1.58. The zero-order valence-electron chi connectivity index (χ0n) is 16.3. The topological polar surface area (TPSA) is 62.8 Å². The normalized spacial score (nSPS) is 16.8. The van der Waals surface area contributed by atoms with Crippen LogP contribution in [0.2, 0.25) is 0 Å². The van der Waals surface area contributed by atoms with Crippen molar-refractivity contribution in [1.82, 2.24) is 20.3 Å². The lowest BCUT2D eigenvalue weighted by molar-refractivity contribution is 0.239. The molecule has 0 radical (unpaired) electrons. The summed E-state index contributed by atoms with van der Waals surface area (Å²) in [4.78, 5) is 12.5. The number of hydrogen-bond acceptors (Lipinski definition) is 4. The summed E-state index contributed by atoms with van der Waals surface area (Å²) in [6.45, 7) is 1.72. The first-order chi connectivity index (χ1) is 14.4. The molecule has 4 heterocycles. The van der Waals surface area contributed by atoms with Crippen LogP contribution in [0.1, 0.15) is 19.3 Å². The average Bonchev–Trinajstić information content (AvgIpc) is 3.18. The summed E-state index contributed by atoms with van der Waals surface area (Å²) in [6, 6.07) is 16.8. The number of fused-ring (bicyclic) bond motifs is 1. The van der Waals surface area contributed by atoms with E-state index in [-0.39, 0.29) is 0 Å². The highest BCUT2D eigenvalue weighted by Crippen LogP contribution is 2.40. The first kappa shape index (κ1) is 17.9. The number of benzene rings is 1. The summed E-state index contributed by atoms with van der Waals surface area (Å²) in [5.74, 6) is 0.795. The Hall–Kier alpha value is -3.18. The minimum Gasteiger partial charge on any atom is -0.490 e. The maximum Gasteiger partial charge on any atom is 0.146 e. The Bertz CT molecular complexity index is 1100. The molecule has 1 saturated heterocycles. The van der Waals surface area contributed by atoms with Crippen molar-refractivity contribution in [3.63, 3.8) is 0 Å². The highest BCUT2D eigenvalue weighted by atomic mass is 16.5. The van der Waals surface area contributed by atoms with Crippen molar-refractivity contribution in [3.05, 3.63) is 67.1 Å². The number of H-pyrrole nitrogens is 1. The van der Waals surface area contributed by atoms with Crippen LogP contribution in [0.15, 0.2) is 67.1 Å². The fraction of sp³-hybridized carbons (Fsp3) is 0.250. The van der Waals surface area contributed by atoms with E-state index in [1.165, 1.54) is 12.8 Å². The Kier molecular flexibility index (Phi) is 4.97. The third-order valence-electron chi connectivity index (χ3n) is 5.52. The highest BCUT2D eigenvalue weighted by Gasteiger charge is 2.20. The van der Waals surface area contributed by atoms with Crippen molar-refractivity contribution in [3.8, 4) is 28.1 Å². The second kappa shape index (κ2) is 8.05. The standard InChI is InChI=1S/C24H24N4O/c1-2-7-17(8-3-1)22-23(28-20-10-6-13-27-24(20)22)19-11-14-25-15-21(19)29-16-18-9-4-5-12-26-18/h1-3,6-8,10-11,13-15,18,26,28H,4-5,9,12,16H2/t18-/m0/s1. The molecule has 0 aliphatic carbocycles. The smallest absolute Gasteiger partial charge is 0.146 e. The third-order valence-corrected chi connectivity index (χ3v) is 5.52. The van der Waals surface area contributed by atoms with Gasteiger partial charge in [0.25, 0.3) is 0 Å². The lowest BCUT2D eigenvalue weighted by atomic mass is 10.0. The number of hydrogen-bond donors (Lipinski definition) is 2. The van der Waals surface area contributed by atoms with Crippen LogP contribution in [0.5, 0.6) is 5.75 Å². The summed E-state index contributed by atoms with van der Waals surface area (Å²) >= 11 is 0. The Morgan fingerprint density at radius 2 is 1.93 bits per heavy atom. The van der Waals surface area contributed by atoms with Crippen LogP contribution in [0.3, 0.4) is 0 Å². The van der Waals surface area contributed by atoms with Gasteiger partial charge in [-0.1, -0.05) is 36.8 Å². The van der Waals surface area contributed by atoms with Crippen molar-refractivity contribution in [2.24, 2.45) is 0 Å². The third kappa shape index (κ3) is 3.61. The summed E-state index contributed by atoms with van der Waals surface area (Å²) in [5.41, 5.74) is 6.22. The van der Waals surface area contributed by atoms with Gasteiger partial charge < -0.3 is 15.0 Å². The molecule has 0 saturated carbocycles. The Labute approximate surface area is 170 Å². The number of piperidine rings is 1. The molecule has 5 rings (SSSR count). The molecule has 146 valence electrons. The van der Waals surface area contributed by atoms with Crippen molar-refractivity contribution >= 4 is 11.0 Å². The molecule has 0 bridgehead atoms. The predicted octanol–water partition coefficient (Wildman–Crippen LogP) is 4.81. The van der Waals surface area contributed by atoms with Crippen molar-refractivity contribution in [2.75, 3.05) is 13.2 Å². The number of nitrogens with zero attached hydrogens (tertiary/aromatic N) is 2. The van der Waals surface area contributed by atoms with Crippen LogP contribution in [-0.4, -0.2) is 34.1 Å². The average molecular weight is 384 g/mol. The maximum absolute atomic E-state index is 6.25. The highest BCUT2D eigenvalue weighted by molar-refractivity contribution is 6.02. The molecule has 1 aliphatic rings. The van der Waals surface area contributed by atoms with Gasteiger partial charge in [0.1, 0.15) is 12.4 Å². The number of nitrogens with one attached hydrogen (secondary N) is 2. The summed E-state index contributed by atoms with van der Waals surface area (Å²) in [7, 11) is 0. The minimum atomic E-state index is 0.398. The summed E-state index contributed by atoms with van der Waals surface area (Å²) in [6.07, 6.45) is 9.12. The van der Waals surface area contributed by atoms with Gasteiger partial charge in [-0.2, -0.15) is 0 Å². The van der Waals surface area contributed by atoms with E-state index in [0.29, 0.717) is 12.6 Å². The fourth-order valence-corrected chi connectivity index (χ4v) is 4.07. The molecule has 1 atom stereocenters. The minimum absolute atomic E-state index is 0.398. The van der Waals surface area contributed by atoms with Crippen molar-refractivity contribution < 1.29 is 4.74 Å². The molecular formula is C24H24N4O. The van der Waals surface area contributed by atoms with Crippen LogP contribution in [0.25, 0.3) is 33.4 Å². The Morgan fingerprint density at radius 1 is 1.00 bits per heavy atom. The fourth-order valence-electron chi connectivity index (χ4n) is 4.07. The molecule has 5 nitrogen and oxygen atoms in total. The second-order valence-electron chi connectivity index (χ2n) is 7.47. The van der Waals surface area contributed by atoms with Gasteiger partial charge in [0.15, 0.2) is 0 Å². The quantitative estimate of drug-likeness (QED) is 0.518. The molecule has 1 fully saturated rings. The largest absolute Gasteiger partial charge is 0.490 e. The molecule has 0 unspecified atom stereocenters. The molecule has 1 aliphatic heterocycles. The molecule has 1 aromatic carbocycles. The molecule has 29 heavy (non-hydrogen) atoms. The van der Waals surface area contributed by atoms with Crippen LogP contribution < -0.4 is 10.1 Å². The van der Waals surface area contributed by atoms with E-state index >= 15 is 0 Å². The Morgan fingerprint density at radius 3 is 2.79 bits per heavy atom. The summed E-state index contributed by atoms with van der Waals surface area (Å²) in [5, 5.41) is 3.54. The molecule has 0 spiro atoms. The van der Waals surface area contributed by atoms with Crippen molar-refractivity contribution in [1.29, 1.82) is 0 Å². The second-order valence-corrected chi connectivity index (χ2v) is 7.47. The zero-order valence-corrected chi connectivity index (χ0v) is 16.3. The van der Waals surface area contributed by atoms with Crippen LogP contribution in [0.4, 0.5) is 0 Å². The first-order valence-corrected chi connectivity index (χ1v) is 10.2. The lowest BCUT2D eigenvalue weighted by Crippen LogP contribution is -2.38. The van der Waals surface area contributed by atoms with Gasteiger partial charge >= 0.3 is 0 Å². The van der Waals surface area contributed by atoms with E-state index in [1.54, 1.807) is 0 Å². The monoisotopic (exact) mass is 384 g/mol. The first-order valence-electron chi connectivity index (χ1n) is 10.2. The number of pyridine rings is 2. The van der Waals surface area contributed by atoms with Gasteiger partial charge in [-0.25, -0.2) is 0 Å². The van der Waals surface area contributed by atoms with Gasteiger partial charge in [-0.05, 0) is 43.1 Å². The number of aromatic nitrogens is 3. The number of ether oxygens (including phenoxy) is 1. The molecule has 3 aromatic heterocycles. The number of aromatic amines is 1. The lowest BCUT2D eigenvalue weighted by Gasteiger charge is -2.24. The molecule has 5 heteroatoms. The van der Waals surface area contributed by atoms with Gasteiger partial charge in [0.05, 0.1) is 22.9 Å². The van der Waals surface area contributed by atoms with E-state index in [0.717, 1.165) is 52.1 Å². The SMILES string of the molecule is c1ccc(-c2c(-c3ccncc3OC[C@@H]3CCCCN3)[nH]c3cccnc23)cc1. The van der Waals surface area contributed by atoms with Crippen molar-refractivity contribution in [2.45, 2.75) is 25.3 Å². The van der Waals surface area contributed by atoms with Crippen LogP contribution in [0, 0.1) is 0 Å². The molecule has 2 N–H and O–H groups in total. The van der Waals surface area contributed by atoms with Gasteiger partial charge in [-0.15, -0.1) is 0 Å². The molecular weight excluding hydrogens is 360 g/mol. The van der Waals surface area contributed by atoms with Gasteiger partial charge in [0, 0.05) is 29.6 Å². The van der Waals surface area contributed by atoms with E-state index in [9.17, 15) is 0 Å². The predicted molar refractivity (Wildman–Crippen MR) is 116 cm³/mol. The molecule has 0 amide bonds. The number of rotatable bonds is 5. The van der Waals surface area contributed by atoms with Crippen LogP contribution in [-0.2, 0) is 0 Å². The van der Waals surface area contributed by atoms with Gasteiger partial charge in [0.2, 0.25) is 0 Å². The van der Waals surface area contributed by atoms with Gasteiger partial charge in [-0.3, -0.25) is 9.97 Å². The summed E-state index contributed by atoms with van der Waals surface area (Å²) < 4.78 is 6.25. The zero-order chi connectivity index (χ0) is 19.5. The van der Waals surface area contributed by atoms with Crippen LogP contribution >= 0.6 is 0 Å². The van der Waals surface area contributed by atoms with E-state index < -0.39 is 0 Å². The van der Waals surface area contributed by atoms with E-state index in [1.807, 2.05) is 36.8 Å². The van der Waals surface area contributed by atoms with E-state index in [4.69, 9.17) is 4.74 Å².